The molecule has 1 aliphatic carbocycles. The summed E-state index contributed by atoms with van der Waals surface area (Å²) in [5.74, 6) is 0.0332. The van der Waals surface area contributed by atoms with Crippen molar-refractivity contribution in [1.82, 2.24) is 5.32 Å². The molecule has 3 heteroatoms. The largest absolute Gasteiger partial charge is 0.349 e. The Labute approximate surface area is 105 Å². The van der Waals surface area contributed by atoms with Crippen molar-refractivity contribution in [2.75, 3.05) is 0 Å². The zero-order valence-electron chi connectivity index (χ0n) is 9.80. The summed E-state index contributed by atoms with van der Waals surface area (Å²) >= 11 is 3.48. The summed E-state index contributed by atoms with van der Waals surface area (Å²) in [4.78, 5) is 11.3. The van der Waals surface area contributed by atoms with Gasteiger partial charge in [0, 0.05) is 11.4 Å². The van der Waals surface area contributed by atoms with Crippen molar-refractivity contribution in [3.8, 4) is 0 Å². The third-order valence-corrected chi connectivity index (χ3v) is 3.69. The molecular weight excluding hydrogens is 266 g/mol. The van der Waals surface area contributed by atoms with Crippen LogP contribution >= 0.6 is 15.9 Å². The van der Waals surface area contributed by atoms with Crippen LogP contribution < -0.4 is 5.32 Å². The van der Waals surface area contributed by atoms with Crippen molar-refractivity contribution in [3.63, 3.8) is 0 Å². The molecule has 2 nitrogen and oxygen atoms in total. The number of hydrogen-bond acceptors (Lipinski definition) is 1. The fraction of sp³-hybridized carbons (Fsp3) is 0.462. The van der Waals surface area contributed by atoms with E-state index in [-0.39, 0.29) is 17.4 Å². The molecule has 0 saturated carbocycles. The van der Waals surface area contributed by atoms with E-state index in [1.54, 1.807) is 6.92 Å². The molecule has 0 bridgehead atoms. The molecule has 1 unspecified atom stereocenters. The second-order valence-electron chi connectivity index (χ2n) is 5.14. The molecule has 1 atom stereocenters. The minimum Gasteiger partial charge on any atom is -0.349 e. The fourth-order valence-corrected chi connectivity index (χ4v) is 2.86. The van der Waals surface area contributed by atoms with E-state index in [1.165, 1.54) is 11.1 Å². The van der Waals surface area contributed by atoms with E-state index in [1.807, 2.05) is 0 Å². The highest BCUT2D eigenvalue weighted by Gasteiger charge is 2.39. The molecule has 1 aliphatic rings. The molecule has 0 heterocycles. The van der Waals surface area contributed by atoms with Gasteiger partial charge in [-0.15, -0.1) is 0 Å². The maximum atomic E-state index is 11.3. The molecule has 0 aromatic heterocycles. The van der Waals surface area contributed by atoms with E-state index >= 15 is 0 Å². The first-order chi connectivity index (χ1) is 7.40. The minimum absolute atomic E-state index is 0.0332. The molecule has 0 aliphatic heterocycles. The quantitative estimate of drug-likeness (QED) is 0.842. The van der Waals surface area contributed by atoms with Gasteiger partial charge in [-0.2, -0.15) is 0 Å². The highest BCUT2D eigenvalue weighted by Crippen LogP contribution is 2.45. The number of carbonyl (C=O) groups is 1. The van der Waals surface area contributed by atoms with Gasteiger partial charge in [-0.25, -0.2) is 0 Å². The number of fused-ring (bicyclic) bond motifs is 1. The molecule has 1 aromatic rings. The first-order valence-electron chi connectivity index (χ1n) is 5.45. The van der Waals surface area contributed by atoms with Gasteiger partial charge < -0.3 is 5.32 Å². The minimum atomic E-state index is 0.0332. The van der Waals surface area contributed by atoms with Gasteiger partial charge >= 0.3 is 0 Å². The van der Waals surface area contributed by atoms with Crippen molar-refractivity contribution in [2.24, 2.45) is 5.41 Å². The van der Waals surface area contributed by atoms with Gasteiger partial charge in [0.2, 0.25) is 5.91 Å². The monoisotopic (exact) mass is 281 g/mol. The Bertz CT molecular complexity index is 440. The van der Waals surface area contributed by atoms with Crippen molar-refractivity contribution in [1.29, 1.82) is 0 Å². The predicted octanol–water partition coefficient (Wildman–Crippen LogP) is 3.21. The van der Waals surface area contributed by atoms with Crippen LogP contribution in [-0.4, -0.2) is 5.91 Å². The van der Waals surface area contributed by atoms with E-state index in [0.29, 0.717) is 0 Å². The molecule has 0 fully saturated rings. The Morgan fingerprint density at radius 2 is 2.19 bits per heavy atom. The number of halogens is 1. The van der Waals surface area contributed by atoms with Crippen LogP contribution in [0.4, 0.5) is 0 Å². The Balaban J connectivity index is 2.43. The maximum Gasteiger partial charge on any atom is 0.217 e. The summed E-state index contributed by atoms with van der Waals surface area (Å²) in [7, 11) is 0. The van der Waals surface area contributed by atoms with E-state index in [0.717, 1.165) is 10.9 Å². The molecule has 1 aromatic carbocycles. The predicted molar refractivity (Wildman–Crippen MR) is 68.2 cm³/mol. The average Bonchev–Trinajstić information content (AvgIpc) is 2.38. The number of rotatable bonds is 1. The summed E-state index contributed by atoms with van der Waals surface area (Å²) in [6.45, 7) is 5.97. The SMILES string of the molecule is CC(=O)NC1c2cc(Br)ccc2CC1(C)C. The Morgan fingerprint density at radius 3 is 2.81 bits per heavy atom. The first-order valence-corrected chi connectivity index (χ1v) is 6.25. The molecule has 0 radical (unpaired) electrons. The molecule has 0 spiro atoms. The Hall–Kier alpha value is -0.830. The number of amides is 1. The fourth-order valence-electron chi connectivity index (χ4n) is 2.49. The van der Waals surface area contributed by atoms with Gasteiger partial charge in [-0.05, 0) is 35.1 Å². The lowest BCUT2D eigenvalue weighted by molar-refractivity contribution is -0.120. The molecule has 0 saturated heterocycles. The van der Waals surface area contributed by atoms with Crippen LogP contribution in [0.1, 0.15) is 37.9 Å². The first kappa shape index (κ1) is 11.6. The van der Waals surface area contributed by atoms with Gasteiger partial charge in [-0.1, -0.05) is 35.8 Å². The third kappa shape index (κ3) is 2.01. The van der Waals surface area contributed by atoms with Gasteiger partial charge in [-0.3, -0.25) is 4.79 Å². The molecule has 1 amide bonds. The second-order valence-corrected chi connectivity index (χ2v) is 6.06. The van der Waals surface area contributed by atoms with Gasteiger partial charge in [0.15, 0.2) is 0 Å². The number of carbonyl (C=O) groups excluding carboxylic acids is 1. The zero-order valence-corrected chi connectivity index (χ0v) is 11.4. The normalized spacial score (nSPS) is 21.6. The van der Waals surface area contributed by atoms with E-state index in [9.17, 15) is 4.79 Å². The van der Waals surface area contributed by atoms with Crippen molar-refractivity contribution in [3.05, 3.63) is 33.8 Å². The van der Waals surface area contributed by atoms with Crippen LogP contribution in [0, 0.1) is 5.41 Å². The standard InChI is InChI=1S/C13H16BrNO/c1-8(16)15-12-11-6-10(14)5-4-9(11)7-13(12,2)3/h4-6,12H,7H2,1-3H3,(H,15,16). The molecule has 1 N–H and O–H groups in total. The summed E-state index contributed by atoms with van der Waals surface area (Å²) in [5.41, 5.74) is 2.68. The van der Waals surface area contributed by atoms with Crippen molar-refractivity contribution in [2.45, 2.75) is 33.2 Å². The van der Waals surface area contributed by atoms with Crippen LogP contribution in [-0.2, 0) is 11.2 Å². The van der Waals surface area contributed by atoms with Crippen LogP contribution in [0.5, 0.6) is 0 Å². The summed E-state index contributed by atoms with van der Waals surface area (Å²) in [6.07, 6.45) is 1.01. The molecular formula is C13H16BrNO. The topological polar surface area (TPSA) is 29.1 Å². The lowest BCUT2D eigenvalue weighted by Gasteiger charge is -2.28. The third-order valence-electron chi connectivity index (χ3n) is 3.19. The molecule has 86 valence electrons. The number of benzene rings is 1. The van der Waals surface area contributed by atoms with E-state index in [2.05, 4.69) is 53.3 Å². The van der Waals surface area contributed by atoms with Gasteiger partial charge in [0.05, 0.1) is 6.04 Å². The van der Waals surface area contributed by atoms with Crippen LogP contribution in [0.25, 0.3) is 0 Å². The number of nitrogens with one attached hydrogen (secondary N) is 1. The summed E-state index contributed by atoms with van der Waals surface area (Å²) in [6, 6.07) is 6.44. The van der Waals surface area contributed by atoms with Gasteiger partial charge in [0.25, 0.3) is 0 Å². The Morgan fingerprint density at radius 1 is 1.50 bits per heavy atom. The van der Waals surface area contributed by atoms with E-state index < -0.39 is 0 Å². The second kappa shape index (κ2) is 3.88. The highest BCUT2D eigenvalue weighted by atomic mass is 79.9. The van der Waals surface area contributed by atoms with Crippen LogP contribution in [0.15, 0.2) is 22.7 Å². The molecule has 2 rings (SSSR count). The van der Waals surface area contributed by atoms with E-state index in [4.69, 9.17) is 0 Å². The van der Waals surface area contributed by atoms with Crippen LogP contribution in [0.2, 0.25) is 0 Å². The van der Waals surface area contributed by atoms with Crippen LogP contribution in [0.3, 0.4) is 0 Å². The van der Waals surface area contributed by atoms with Crippen molar-refractivity contribution < 1.29 is 4.79 Å². The van der Waals surface area contributed by atoms with Gasteiger partial charge in [0.1, 0.15) is 0 Å². The highest BCUT2D eigenvalue weighted by molar-refractivity contribution is 9.10. The zero-order chi connectivity index (χ0) is 11.9. The average molecular weight is 282 g/mol. The molecule has 16 heavy (non-hydrogen) atoms. The smallest absolute Gasteiger partial charge is 0.217 e. The maximum absolute atomic E-state index is 11.3. The Kier molecular flexibility index (Phi) is 2.82. The lowest BCUT2D eigenvalue weighted by atomic mass is 9.85. The summed E-state index contributed by atoms with van der Waals surface area (Å²) < 4.78 is 1.07. The summed E-state index contributed by atoms with van der Waals surface area (Å²) in [5, 5.41) is 3.06. The number of hydrogen-bond donors (Lipinski definition) is 1. The lowest BCUT2D eigenvalue weighted by Crippen LogP contribution is -2.34. The van der Waals surface area contributed by atoms with Crippen molar-refractivity contribution >= 4 is 21.8 Å².